The summed E-state index contributed by atoms with van der Waals surface area (Å²) in [6, 6.07) is 8.73. The van der Waals surface area contributed by atoms with Crippen molar-refractivity contribution in [3.8, 4) is 17.0 Å². The lowest BCUT2D eigenvalue weighted by Crippen LogP contribution is -2.23. The molecular weight excluding hydrogens is 385 g/mol. The Balaban J connectivity index is 1.58. The van der Waals surface area contributed by atoms with E-state index in [4.69, 9.17) is 4.74 Å². The molecule has 4 rings (SSSR count). The van der Waals surface area contributed by atoms with Gasteiger partial charge >= 0.3 is 0 Å². The average molecular weight is 401 g/mol. The van der Waals surface area contributed by atoms with E-state index < -0.39 is 5.82 Å². The van der Waals surface area contributed by atoms with Crippen molar-refractivity contribution >= 4 is 33.5 Å². The molecule has 1 aromatic carbocycles. The van der Waals surface area contributed by atoms with Crippen LogP contribution in [-0.2, 0) is 6.54 Å². The van der Waals surface area contributed by atoms with Gasteiger partial charge in [-0.25, -0.2) is 9.37 Å². The maximum Gasteiger partial charge on any atom is 0.269 e. The number of hydrogen-bond acceptors (Lipinski definition) is 5. The van der Waals surface area contributed by atoms with E-state index in [1.54, 1.807) is 39.4 Å². The molecule has 0 radical (unpaired) electrons. The zero-order valence-corrected chi connectivity index (χ0v) is 16.3. The highest BCUT2D eigenvalue weighted by Gasteiger charge is 2.16. The number of hydrogen-bond donors (Lipinski definition) is 1. The van der Waals surface area contributed by atoms with Crippen LogP contribution in [0.2, 0.25) is 0 Å². The van der Waals surface area contributed by atoms with Crippen LogP contribution >= 0.6 is 22.7 Å². The van der Waals surface area contributed by atoms with Crippen molar-refractivity contribution in [2.24, 2.45) is 0 Å². The molecule has 3 heterocycles. The number of methoxy groups -OCH3 is 1. The standard InChI is InChI=1S/C19H16FN3O2S2/c1-11-3-5-13(27-11)8-21-18(24)16-10-26-19-22-15(9-23(16)19)12-4-6-17(25-2)14(20)7-12/h3-7,9-10H,8H2,1-2H3,(H,21,24). The Morgan fingerprint density at radius 2 is 2.19 bits per heavy atom. The second-order valence-corrected chi connectivity index (χ2v) is 8.15. The molecule has 1 amide bonds. The summed E-state index contributed by atoms with van der Waals surface area (Å²) in [6.07, 6.45) is 1.75. The molecule has 0 aliphatic rings. The van der Waals surface area contributed by atoms with E-state index in [9.17, 15) is 9.18 Å². The summed E-state index contributed by atoms with van der Waals surface area (Å²) < 4.78 is 20.6. The van der Waals surface area contributed by atoms with Crippen LogP contribution in [0.4, 0.5) is 4.39 Å². The van der Waals surface area contributed by atoms with Crippen LogP contribution in [0.5, 0.6) is 5.75 Å². The number of thiophene rings is 1. The average Bonchev–Trinajstić information content (AvgIpc) is 3.35. The van der Waals surface area contributed by atoms with Crippen molar-refractivity contribution in [3.05, 3.63) is 63.2 Å². The molecule has 0 aliphatic heterocycles. The van der Waals surface area contributed by atoms with Gasteiger partial charge in [0.05, 0.1) is 19.3 Å². The summed E-state index contributed by atoms with van der Waals surface area (Å²) in [4.78, 5) is 20.1. The number of aromatic nitrogens is 2. The number of thiazole rings is 1. The van der Waals surface area contributed by atoms with Gasteiger partial charge in [-0.05, 0) is 37.3 Å². The number of ether oxygens (including phenoxy) is 1. The summed E-state index contributed by atoms with van der Waals surface area (Å²) in [6.45, 7) is 2.52. The van der Waals surface area contributed by atoms with Gasteiger partial charge in [0.25, 0.3) is 5.91 Å². The van der Waals surface area contributed by atoms with Gasteiger partial charge < -0.3 is 10.1 Å². The molecular formula is C19H16FN3O2S2. The van der Waals surface area contributed by atoms with E-state index in [1.165, 1.54) is 29.4 Å². The van der Waals surface area contributed by atoms with Crippen LogP contribution in [0.1, 0.15) is 20.2 Å². The number of rotatable bonds is 5. The number of amides is 1. The molecule has 3 aromatic heterocycles. The van der Waals surface area contributed by atoms with Gasteiger partial charge in [-0.15, -0.1) is 22.7 Å². The molecule has 0 atom stereocenters. The number of halogens is 1. The Morgan fingerprint density at radius 3 is 2.89 bits per heavy atom. The van der Waals surface area contributed by atoms with Gasteiger partial charge in [0.15, 0.2) is 16.5 Å². The Labute approximate surface area is 163 Å². The summed E-state index contributed by atoms with van der Waals surface area (Å²) in [5.41, 5.74) is 1.74. The van der Waals surface area contributed by atoms with Crippen molar-refractivity contribution < 1.29 is 13.9 Å². The van der Waals surface area contributed by atoms with Gasteiger partial charge in [-0.2, -0.15) is 0 Å². The van der Waals surface area contributed by atoms with Crippen molar-refractivity contribution in [3.63, 3.8) is 0 Å². The van der Waals surface area contributed by atoms with Gasteiger partial charge in [0.2, 0.25) is 0 Å². The molecule has 138 valence electrons. The fourth-order valence-corrected chi connectivity index (χ4v) is 4.43. The van der Waals surface area contributed by atoms with Gasteiger partial charge in [0, 0.05) is 26.9 Å². The van der Waals surface area contributed by atoms with Crippen LogP contribution in [0.25, 0.3) is 16.2 Å². The first-order chi connectivity index (χ1) is 13.0. The lowest BCUT2D eigenvalue weighted by molar-refractivity contribution is 0.0945. The minimum Gasteiger partial charge on any atom is -0.494 e. The third-order valence-corrected chi connectivity index (χ3v) is 5.95. The quantitative estimate of drug-likeness (QED) is 0.535. The Hall–Kier alpha value is -2.71. The number of nitrogens with one attached hydrogen (secondary N) is 1. The van der Waals surface area contributed by atoms with Crippen LogP contribution in [0.15, 0.2) is 41.9 Å². The molecule has 0 fully saturated rings. The highest BCUT2D eigenvalue weighted by molar-refractivity contribution is 7.15. The molecule has 0 spiro atoms. The molecule has 0 saturated carbocycles. The Kier molecular flexibility index (Phi) is 4.67. The third-order valence-electron chi connectivity index (χ3n) is 4.11. The van der Waals surface area contributed by atoms with Crippen molar-refractivity contribution in [2.75, 3.05) is 7.11 Å². The number of fused-ring (bicyclic) bond motifs is 1. The maximum absolute atomic E-state index is 14.0. The zero-order chi connectivity index (χ0) is 19.0. The van der Waals surface area contributed by atoms with E-state index in [0.29, 0.717) is 28.5 Å². The smallest absolute Gasteiger partial charge is 0.269 e. The largest absolute Gasteiger partial charge is 0.494 e. The van der Waals surface area contributed by atoms with Crippen LogP contribution in [0, 0.1) is 12.7 Å². The monoisotopic (exact) mass is 401 g/mol. The molecule has 4 aromatic rings. The third kappa shape index (κ3) is 3.45. The van der Waals surface area contributed by atoms with Crippen molar-refractivity contribution in [1.29, 1.82) is 0 Å². The molecule has 0 bridgehead atoms. The van der Waals surface area contributed by atoms with Gasteiger partial charge in [-0.3, -0.25) is 9.20 Å². The van der Waals surface area contributed by atoms with Crippen LogP contribution in [-0.4, -0.2) is 22.4 Å². The second-order valence-electron chi connectivity index (χ2n) is 5.94. The normalized spacial score (nSPS) is 11.1. The highest BCUT2D eigenvalue weighted by Crippen LogP contribution is 2.27. The van der Waals surface area contributed by atoms with E-state index in [2.05, 4.69) is 10.3 Å². The zero-order valence-electron chi connectivity index (χ0n) is 14.7. The number of imidazole rings is 1. The SMILES string of the molecule is COc1ccc(-c2cn3c(C(=O)NCc4ccc(C)s4)csc3n2)cc1F. The molecule has 8 heteroatoms. The highest BCUT2D eigenvalue weighted by atomic mass is 32.1. The maximum atomic E-state index is 14.0. The molecule has 0 unspecified atom stereocenters. The minimum absolute atomic E-state index is 0.169. The number of benzene rings is 1. The molecule has 1 N–H and O–H groups in total. The number of carbonyl (C=O) groups is 1. The topological polar surface area (TPSA) is 55.6 Å². The molecule has 0 aliphatic carbocycles. The van der Waals surface area contributed by atoms with Crippen LogP contribution in [0.3, 0.4) is 0 Å². The summed E-state index contributed by atoms with van der Waals surface area (Å²) in [5.74, 6) is -0.434. The predicted molar refractivity (Wildman–Crippen MR) is 105 cm³/mol. The fraction of sp³-hybridized carbons (Fsp3) is 0.158. The van der Waals surface area contributed by atoms with E-state index in [0.717, 1.165) is 4.88 Å². The Bertz CT molecular complexity index is 1130. The van der Waals surface area contributed by atoms with Crippen molar-refractivity contribution in [1.82, 2.24) is 14.7 Å². The van der Waals surface area contributed by atoms with Gasteiger partial charge in [-0.1, -0.05) is 0 Å². The first kappa shape index (κ1) is 17.7. The number of aryl methyl sites for hydroxylation is 1. The fourth-order valence-electron chi connectivity index (χ4n) is 2.75. The molecule has 5 nitrogen and oxygen atoms in total. The lowest BCUT2D eigenvalue weighted by atomic mass is 10.1. The number of nitrogens with zero attached hydrogens (tertiary/aromatic N) is 2. The van der Waals surface area contributed by atoms with Crippen molar-refractivity contribution in [2.45, 2.75) is 13.5 Å². The van der Waals surface area contributed by atoms with E-state index in [-0.39, 0.29) is 11.7 Å². The molecule has 0 saturated heterocycles. The summed E-state index contributed by atoms with van der Waals surface area (Å²) in [7, 11) is 1.42. The Morgan fingerprint density at radius 1 is 1.33 bits per heavy atom. The lowest BCUT2D eigenvalue weighted by Gasteiger charge is -2.03. The van der Waals surface area contributed by atoms with Gasteiger partial charge in [0.1, 0.15) is 5.69 Å². The second kappa shape index (κ2) is 7.13. The van der Waals surface area contributed by atoms with E-state index >= 15 is 0 Å². The minimum atomic E-state index is -0.449. The van der Waals surface area contributed by atoms with E-state index in [1.807, 2.05) is 19.1 Å². The molecule has 27 heavy (non-hydrogen) atoms. The first-order valence-corrected chi connectivity index (χ1v) is 9.89. The summed E-state index contributed by atoms with van der Waals surface area (Å²) >= 11 is 3.03. The predicted octanol–water partition coefficient (Wildman–Crippen LogP) is 4.51. The summed E-state index contributed by atoms with van der Waals surface area (Å²) in [5, 5.41) is 4.71. The number of carbonyl (C=O) groups excluding carboxylic acids is 1. The van der Waals surface area contributed by atoms with Crippen LogP contribution < -0.4 is 10.1 Å². The first-order valence-electron chi connectivity index (χ1n) is 8.19.